The molecule has 1 heterocycles. The Morgan fingerprint density at radius 3 is 2.00 bits per heavy atom. The lowest BCUT2D eigenvalue weighted by Gasteiger charge is -2.37. The molecule has 1 aliphatic rings. The molecule has 0 aromatic rings. The number of hydrogen-bond donors (Lipinski definition) is 5. The highest BCUT2D eigenvalue weighted by Crippen LogP contribution is 2.18. The van der Waals surface area contributed by atoms with Crippen LogP contribution in [0.4, 0.5) is 0 Å². The minimum absolute atomic E-state index is 0.526. The molecule has 0 radical (unpaired) electrons. The smallest absolute Gasteiger partial charge is 0.184 e. The van der Waals surface area contributed by atoms with Crippen molar-refractivity contribution in [1.82, 2.24) is 0 Å². The molecule has 0 aromatic carbocycles. The zero-order chi connectivity index (χ0) is 9.30. The van der Waals surface area contributed by atoms with Crippen molar-refractivity contribution in [3.05, 3.63) is 0 Å². The lowest BCUT2D eigenvalue weighted by Crippen LogP contribution is -2.58. The van der Waals surface area contributed by atoms with Crippen LogP contribution in [0.1, 0.15) is 0 Å². The molecule has 1 saturated heterocycles. The van der Waals surface area contributed by atoms with Gasteiger partial charge in [-0.3, -0.25) is 0 Å². The average Bonchev–Trinajstić information content (AvgIpc) is 2.08. The number of ether oxygens (including phenoxy) is 1. The van der Waals surface area contributed by atoms with E-state index >= 15 is 0 Å². The summed E-state index contributed by atoms with van der Waals surface area (Å²) in [5.41, 5.74) is 0. The van der Waals surface area contributed by atoms with Crippen molar-refractivity contribution >= 4 is 0 Å². The van der Waals surface area contributed by atoms with Crippen LogP contribution >= 0.6 is 0 Å². The molecule has 0 aliphatic carbocycles. The average molecular weight is 180 g/mol. The maximum absolute atomic E-state index is 9.12. The van der Waals surface area contributed by atoms with E-state index in [1.54, 1.807) is 0 Å². The molecule has 0 aromatic heterocycles. The van der Waals surface area contributed by atoms with E-state index in [4.69, 9.17) is 25.5 Å². The zero-order valence-electron chi connectivity index (χ0n) is 6.24. The molecule has 72 valence electrons. The van der Waals surface area contributed by atoms with E-state index in [1.807, 2.05) is 0 Å². The Balaban J connectivity index is 2.63. The fourth-order valence-corrected chi connectivity index (χ4v) is 1.08. The Bertz CT molecular complexity index is 146. The molecular weight excluding hydrogens is 168 g/mol. The van der Waals surface area contributed by atoms with Gasteiger partial charge in [-0.15, -0.1) is 0 Å². The van der Waals surface area contributed by atoms with Gasteiger partial charge in [0.15, 0.2) is 6.29 Å². The van der Waals surface area contributed by atoms with E-state index in [2.05, 4.69) is 4.74 Å². The molecule has 0 amide bonds. The predicted molar refractivity (Wildman–Crippen MR) is 36.0 cm³/mol. The second kappa shape index (κ2) is 3.65. The molecule has 1 rings (SSSR count). The quantitative estimate of drug-likeness (QED) is 0.290. The van der Waals surface area contributed by atoms with Crippen molar-refractivity contribution in [1.29, 1.82) is 0 Å². The van der Waals surface area contributed by atoms with Crippen LogP contribution in [0.5, 0.6) is 0 Å². The first-order valence-electron chi connectivity index (χ1n) is 3.56. The summed E-state index contributed by atoms with van der Waals surface area (Å²) in [7, 11) is 0. The standard InChI is InChI=1S/C6H12O6/c7-1-2-3(8)4(9)5(10)6(11)12-2/h2-11H,1H2/t2-,3-,4+,5?,6?/m1/s1. The normalized spacial score (nSPS) is 49.2. The zero-order valence-corrected chi connectivity index (χ0v) is 6.24. The van der Waals surface area contributed by atoms with Gasteiger partial charge in [-0.1, -0.05) is 0 Å². The summed E-state index contributed by atoms with van der Waals surface area (Å²) in [5.74, 6) is 0. The second-order valence-electron chi connectivity index (χ2n) is 2.72. The molecular formula is C6H12O6. The Labute approximate surface area is 68.6 Å². The lowest BCUT2D eigenvalue weighted by atomic mass is 10.00. The monoisotopic (exact) mass is 180 g/mol. The van der Waals surface area contributed by atoms with E-state index in [-0.39, 0.29) is 0 Å². The van der Waals surface area contributed by atoms with Crippen molar-refractivity contribution < 1.29 is 30.3 Å². The van der Waals surface area contributed by atoms with Crippen LogP contribution in [0.15, 0.2) is 0 Å². The summed E-state index contributed by atoms with van der Waals surface area (Å²) >= 11 is 0. The summed E-state index contributed by atoms with van der Waals surface area (Å²) in [6.45, 7) is -0.526. The second-order valence-corrected chi connectivity index (χ2v) is 2.72. The maximum atomic E-state index is 9.12. The first-order chi connectivity index (χ1) is 5.57. The molecule has 5 N–H and O–H groups in total. The number of hydrogen-bond acceptors (Lipinski definition) is 6. The van der Waals surface area contributed by atoms with Gasteiger partial charge in [-0.25, -0.2) is 0 Å². The summed E-state index contributed by atoms with van der Waals surface area (Å²) in [5, 5.41) is 44.7. The molecule has 6 nitrogen and oxygen atoms in total. The van der Waals surface area contributed by atoms with Crippen LogP contribution in [0.25, 0.3) is 0 Å². The molecule has 0 spiro atoms. The SMILES string of the molecule is OC[C@H]1OC(O)C(O)[C@@H](O)[C@@H]1O. The van der Waals surface area contributed by atoms with Gasteiger partial charge in [0.2, 0.25) is 0 Å². The van der Waals surface area contributed by atoms with E-state index in [0.717, 1.165) is 0 Å². The van der Waals surface area contributed by atoms with Crippen LogP contribution in [0.2, 0.25) is 0 Å². The highest BCUT2D eigenvalue weighted by Gasteiger charge is 2.42. The fourth-order valence-electron chi connectivity index (χ4n) is 1.08. The summed E-state index contributed by atoms with van der Waals surface area (Å²) in [4.78, 5) is 0. The van der Waals surface area contributed by atoms with Crippen molar-refractivity contribution in [2.24, 2.45) is 0 Å². The number of aliphatic hydroxyl groups excluding tert-OH is 5. The Morgan fingerprint density at radius 1 is 0.917 bits per heavy atom. The van der Waals surface area contributed by atoms with Crippen LogP contribution in [0.3, 0.4) is 0 Å². The van der Waals surface area contributed by atoms with Gasteiger partial charge in [0.1, 0.15) is 24.4 Å². The van der Waals surface area contributed by atoms with Gasteiger partial charge >= 0.3 is 0 Å². The molecule has 6 heteroatoms. The molecule has 12 heavy (non-hydrogen) atoms. The minimum atomic E-state index is -1.57. The fraction of sp³-hybridized carbons (Fsp3) is 1.00. The van der Waals surface area contributed by atoms with Crippen LogP contribution in [-0.4, -0.2) is 62.8 Å². The van der Waals surface area contributed by atoms with Crippen LogP contribution in [-0.2, 0) is 4.74 Å². The van der Waals surface area contributed by atoms with Gasteiger partial charge in [0, 0.05) is 0 Å². The first kappa shape index (κ1) is 9.85. The summed E-state index contributed by atoms with van der Waals surface area (Å²) in [6.07, 6.45) is -7.04. The maximum Gasteiger partial charge on any atom is 0.184 e. The highest BCUT2D eigenvalue weighted by molar-refractivity contribution is 4.87. The molecule has 0 bridgehead atoms. The lowest BCUT2D eigenvalue weighted by molar-refractivity contribution is -0.286. The molecule has 5 atom stereocenters. The third-order valence-corrected chi connectivity index (χ3v) is 1.87. The van der Waals surface area contributed by atoms with E-state index < -0.39 is 37.3 Å². The van der Waals surface area contributed by atoms with Gasteiger partial charge in [0.05, 0.1) is 6.61 Å². The van der Waals surface area contributed by atoms with Crippen molar-refractivity contribution in [3.8, 4) is 0 Å². The van der Waals surface area contributed by atoms with Crippen molar-refractivity contribution in [3.63, 3.8) is 0 Å². The van der Waals surface area contributed by atoms with Gasteiger partial charge in [0.25, 0.3) is 0 Å². The van der Waals surface area contributed by atoms with Crippen molar-refractivity contribution in [2.45, 2.75) is 30.7 Å². The largest absolute Gasteiger partial charge is 0.394 e. The third kappa shape index (κ3) is 1.58. The first-order valence-corrected chi connectivity index (χ1v) is 3.56. The molecule has 1 aliphatic heterocycles. The van der Waals surface area contributed by atoms with Crippen molar-refractivity contribution in [2.75, 3.05) is 6.61 Å². The minimum Gasteiger partial charge on any atom is -0.394 e. The van der Waals surface area contributed by atoms with Crippen LogP contribution in [0, 0.1) is 0 Å². The summed E-state index contributed by atoms with van der Waals surface area (Å²) < 4.78 is 4.58. The Hall–Kier alpha value is -0.240. The number of rotatable bonds is 1. The van der Waals surface area contributed by atoms with E-state index in [1.165, 1.54) is 0 Å². The Morgan fingerprint density at radius 2 is 1.50 bits per heavy atom. The van der Waals surface area contributed by atoms with Crippen LogP contribution < -0.4 is 0 Å². The van der Waals surface area contributed by atoms with Gasteiger partial charge in [-0.05, 0) is 0 Å². The molecule has 2 unspecified atom stereocenters. The predicted octanol–water partition coefficient (Wildman–Crippen LogP) is -3.22. The molecule has 1 fully saturated rings. The van der Waals surface area contributed by atoms with Gasteiger partial charge < -0.3 is 30.3 Å². The highest BCUT2D eigenvalue weighted by atomic mass is 16.6. The summed E-state index contributed by atoms with van der Waals surface area (Å²) in [6, 6.07) is 0. The van der Waals surface area contributed by atoms with E-state index in [9.17, 15) is 0 Å². The third-order valence-electron chi connectivity index (χ3n) is 1.87. The molecule has 0 saturated carbocycles. The topological polar surface area (TPSA) is 110 Å². The van der Waals surface area contributed by atoms with Gasteiger partial charge in [-0.2, -0.15) is 0 Å². The van der Waals surface area contributed by atoms with E-state index in [0.29, 0.717) is 0 Å². The number of aliphatic hydroxyl groups is 5. The Kier molecular flexibility index (Phi) is 2.99.